The normalized spacial score (nSPS) is 12.2. The number of nitrogens with two attached hydrogens (primary N) is 3. The Morgan fingerprint density at radius 1 is 0.870 bits per heavy atom. The van der Waals surface area contributed by atoms with Gasteiger partial charge < -0.3 is 22.5 Å². The van der Waals surface area contributed by atoms with Crippen LogP contribution in [0.3, 0.4) is 0 Å². The van der Waals surface area contributed by atoms with Crippen molar-refractivity contribution in [1.29, 1.82) is 0 Å². The number of amides is 2. The van der Waals surface area contributed by atoms with Crippen molar-refractivity contribution in [1.82, 2.24) is 15.3 Å². The first-order valence-corrected chi connectivity index (χ1v) is 16.1. The highest BCUT2D eigenvalue weighted by atomic mass is 35.5. The molecule has 1 heterocycles. The number of unbranched alkanes of at least 4 members (excludes halogenated alkanes) is 3. The Hall–Kier alpha value is -4.70. The minimum Gasteiger partial charge on any atom is -0.382 e. The van der Waals surface area contributed by atoms with Gasteiger partial charge in [0.2, 0.25) is 5.91 Å². The van der Waals surface area contributed by atoms with Crippen molar-refractivity contribution >= 4 is 57.5 Å². The van der Waals surface area contributed by atoms with Gasteiger partial charge in [-0.1, -0.05) is 86.8 Å². The summed E-state index contributed by atoms with van der Waals surface area (Å²) in [5.41, 5.74) is 21.5. The van der Waals surface area contributed by atoms with E-state index in [2.05, 4.69) is 68.9 Å². The van der Waals surface area contributed by atoms with Crippen molar-refractivity contribution in [2.24, 2.45) is 16.6 Å². The molecule has 11 heteroatoms. The smallest absolute Gasteiger partial charge is 0.280 e. The maximum absolute atomic E-state index is 13.1. The zero-order valence-electron chi connectivity index (χ0n) is 26.5. The molecule has 0 spiro atoms. The molecule has 0 aliphatic carbocycles. The van der Waals surface area contributed by atoms with Crippen LogP contribution in [0.15, 0.2) is 65.7 Å². The number of aliphatic imine (C=N–C) groups is 1. The van der Waals surface area contributed by atoms with E-state index in [9.17, 15) is 9.59 Å². The second-order valence-corrected chi connectivity index (χ2v) is 11.8. The van der Waals surface area contributed by atoms with Crippen LogP contribution in [-0.4, -0.2) is 34.3 Å². The summed E-state index contributed by atoms with van der Waals surface area (Å²) in [6.45, 7) is 4.61. The molecule has 4 rings (SSSR count). The third kappa shape index (κ3) is 9.40. The van der Waals surface area contributed by atoms with Crippen molar-refractivity contribution in [3.05, 3.63) is 88.2 Å². The van der Waals surface area contributed by atoms with Crippen LogP contribution in [0.2, 0.25) is 5.15 Å². The number of nitrogen functional groups attached to an aromatic ring is 2. The lowest BCUT2D eigenvalue weighted by Gasteiger charge is -2.16. The minimum absolute atomic E-state index is 0.0107. The van der Waals surface area contributed by atoms with Gasteiger partial charge in [0, 0.05) is 18.2 Å². The number of nitrogens with one attached hydrogen (secondary N) is 2. The van der Waals surface area contributed by atoms with E-state index in [0.29, 0.717) is 13.0 Å². The molecule has 0 aliphatic rings. The van der Waals surface area contributed by atoms with Gasteiger partial charge in [0.25, 0.3) is 5.91 Å². The molecular formula is C35H43ClN8O2. The van der Waals surface area contributed by atoms with Crippen LogP contribution in [0.25, 0.3) is 10.8 Å². The van der Waals surface area contributed by atoms with Gasteiger partial charge in [0.15, 0.2) is 28.4 Å². The van der Waals surface area contributed by atoms with Crippen molar-refractivity contribution in [3.8, 4) is 0 Å². The zero-order valence-corrected chi connectivity index (χ0v) is 27.2. The summed E-state index contributed by atoms with van der Waals surface area (Å²) in [4.78, 5) is 37.4. The molecule has 4 aromatic rings. The molecule has 0 aliphatic heterocycles. The van der Waals surface area contributed by atoms with Crippen LogP contribution < -0.4 is 27.8 Å². The summed E-state index contributed by atoms with van der Waals surface area (Å²) in [5, 5.41) is 7.76. The van der Waals surface area contributed by atoms with Crippen LogP contribution in [0.1, 0.15) is 73.1 Å². The molecule has 1 aromatic heterocycles. The molecule has 0 bridgehead atoms. The molecule has 0 radical (unpaired) electrons. The predicted molar refractivity (Wildman–Crippen MR) is 188 cm³/mol. The molecular weight excluding hydrogens is 600 g/mol. The largest absolute Gasteiger partial charge is 0.382 e. The summed E-state index contributed by atoms with van der Waals surface area (Å²) in [6, 6.07) is 20.8. The predicted octanol–water partition coefficient (Wildman–Crippen LogP) is 6.07. The van der Waals surface area contributed by atoms with Crippen molar-refractivity contribution in [2.75, 3.05) is 23.3 Å². The Labute approximate surface area is 275 Å². The number of anilines is 3. The average molecular weight is 643 g/mol. The molecule has 242 valence electrons. The summed E-state index contributed by atoms with van der Waals surface area (Å²) in [7, 11) is 0. The average Bonchev–Trinajstić information content (AvgIpc) is 3.04. The number of hydrogen-bond acceptors (Lipinski definition) is 7. The maximum atomic E-state index is 13.1. The van der Waals surface area contributed by atoms with Gasteiger partial charge in [-0.15, -0.1) is 0 Å². The molecule has 0 saturated carbocycles. The molecule has 3 aromatic carbocycles. The van der Waals surface area contributed by atoms with Crippen molar-refractivity contribution < 1.29 is 9.59 Å². The maximum Gasteiger partial charge on any atom is 0.280 e. The first kappa shape index (κ1) is 34.2. The van der Waals surface area contributed by atoms with E-state index in [0.717, 1.165) is 42.3 Å². The van der Waals surface area contributed by atoms with Crippen LogP contribution >= 0.6 is 11.6 Å². The quantitative estimate of drug-likeness (QED) is 0.0630. The van der Waals surface area contributed by atoms with E-state index in [-0.39, 0.29) is 40.3 Å². The monoisotopic (exact) mass is 642 g/mol. The number of carbonyl (C=O) groups excluding carboxylic acids is 2. The third-order valence-corrected chi connectivity index (χ3v) is 8.14. The summed E-state index contributed by atoms with van der Waals surface area (Å²) >= 11 is 5.85. The van der Waals surface area contributed by atoms with E-state index in [4.69, 9.17) is 28.8 Å². The number of halogens is 1. The number of nitrogens with zero attached hydrogens (tertiary/aromatic N) is 3. The van der Waals surface area contributed by atoms with Gasteiger partial charge in [-0.05, 0) is 78.1 Å². The molecule has 10 nitrogen and oxygen atoms in total. The Kier molecular flexibility index (Phi) is 12.3. The molecule has 46 heavy (non-hydrogen) atoms. The van der Waals surface area contributed by atoms with Crippen LogP contribution in [0.4, 0.5) is 17.3 Å². The molecule has 0 fully saturated rings. The third-order valence-electron chi connectivity index (χ3n) is 7.87. The number of fused-ring (bicyclic) bond motifs is 1. The number of aromatic nitrogens is 2. The highest BCUT2D eigenvalue weighted by Crippen LogP contribution is 2.27. The fourth-order valence-corrected chi connectivity index (χ4v) is 5.42. The zero-order chi connectivity index (χ0) is 33.1. The number of aryl methyl sites for hydroxylation is 2. The van der Waals surface area contributed by atoms with E-state index >= 15 is 0 Å². The first-order valence-electron chi connectivity index (χ1n) is 15.7. The Balaban J connectivity index is 1.29. The Morgan fingerprint density at radius 3 is 2.26 bits per heavy atom. The van der Waals surface area contributed by atoms with Crippen molar-refractivity contribution in [3.63, 3.8) is 0 Å². The topological polar surface area (TPSA) is 174 Å². The summed E-state index contributed by atoms with van der Waals surface area (Å²) in [6.07, 6.45) is 7.82. The van der Waals surface area contributed by atoms with E-state index in [1.807, 2.05) is 31.2 Å². The number of hydrogen-bond donors (Lipinski definition) is 5. The van der Waals surface area contributed by atoms with Crippen LogP contribution in [0, 0.1) is 5.92 Å². The lowest BCUT2D eigenvalue weighted by Crippen LogP contribution is -2.38. The minimum atomic E-state index is -0.668. The first-order chi connectivity index (χ1) is 22.2. The molecule has 2 amide bonds. The van der Waals surface area contributed by atoms with Crippen LogP contribution in [0.5, 0.6) is 0 Å². The lowest BCUT2D eigenvalue weighted by atomic mass is 9.91. The van der Waals surface area contributed by atoms with Gasteiger partial charge in [-0.2, -0.15) is 0 Å². The number of guanidine groups is 1. The Bertz CT molecular complexity index is 1690. The highest BCUT2D eigenvalue weighted by Gasteiger charge is 2.18. The molecule has 8 N–H and O–H groups in total. The molecule has 0 unspecified atom stereocenters. The van der Waals surface area contributed by atoms with Gasteiger partial charge in [-0.25, -0.2) is 9.97 Å². The van der Waals surface area contributed by atoms with Gasteiger partial charge in [0.1, 0.15) is 0 Å². The number of carbonyl (C=O) groups is 2. The van der Waals surface area contributed by atoms with Crippen molar-refractivity contribution in [2.45, 2.75) is 65.2 Å². The van der Waals surface area contributed by atoms with Gasteiger partial charge in [0.05, 0.1) is 0 Å². The summed E-state index contributed by atoms with van der Waals surface area (Å²) < 4.78 is 0. The lowest BCUT2D eigenvalue weighted by molar-refractivity contribution is -0.119. The fraction of sp³-hybridized carbons (Fsp3) is 0.343. The van der Waals surface area contributed by atoms with Crippen LogP contribution in [-0.2, 0) is 24.1 Å². The molecule has 0 saturated heterocycles. The Morgan fingerprint density at radius 2 is 1.54 bits per heavy atom. The van der Waals surface area contributed by atoms with E-state index in [1.54, 1.807) is 0 Å². The molecule has 1 atom stereocenters. The van der Waals surface area contributed by atoms with Gasteiger partial charge in [-0.3, -0.25) is 19.9 Å². The fourth-order valence-electron chi connectivity index (χ4n) is 5.29. The second kappa shape index (κ2) is 16.6. The summed E-state index contributed by atoms with van der Waals surface area (Å²) in [5.74, 6) is -1.11. The van der Waals surface area contributed by atoms with E-state index in [1.165, 1.54) is 35.8 Å². The van der Waals surface area contributed by atoms with Gasteiger partial charge >= 0.3 is 0 Å². The SMILES string of the molecule is CCCCCc1ccc(NC(=O)[C@@H](C)Cc2ccc(CCCCN=C(N)NC(=O)c3nc(Cl)c(N)nc3N)c3ccccc23)cc1. The second-order valence-electron chi connectivity index (χ2n) is 11.5. The number of rotatable bonds is 14. The van der Waals surface area contributed by atoms with E-state index < -0.39 is 5.91 Å². The number of benzene rings is 3. The standard InChI is InChI=1S/C35H43ClN8O2/c1-3-4-5-10-23-14-18-26(19-15-23)41-33(45)22(2)21-25-17-16-24(27-12-6-7-13-28(25)27)11-8-9-20-40-35(39)44-34(46)29-31(37)43-32(38)30(36)42-29/h6-7,12-19,22H,3-5,8-11,20-21H2,1-2H3,(H,41,45)(H4,37,38,43)(H3,39,40,44,46)/t22-/m0/s1. The highest BCUT2D eigenvalue weighted by molar-refractivity contribution is 6.31.